The van der Waals surface area contributed by atoms with Gasteiger partial charge in [-0.1, -0.05) is 0 Å². The SMILES string of the molecule is Cc1ccsc1N(C)CCCCN1CCNCC1. The fraction of sp³-hybridized carbons (Fsp3) is 0.714. The van der Waals surface area contributed by atoms with Crippen molar-refractivity contribution in [3.63, 3.8) is 0 Å². The van der Waals surface area contributed by atoms with Crippen LogP contribution in [-0.2, 0) is 0 Å². The first-order chi connectivity index (χ1) is 8.77. The molecule has 0 saturated carbocycles. The summed E-state index contributed by atoms with van der Waals surface area (Å²) in [7, 11) is 2.21. The molecule has 0 aromatic carbocycles. The lowest BCUT2D eigenvalue weighted by molar-refractivity contribution is 0.237. The molecule has 1 aliphatic rings. The van der Waals surface area contributed by atoms with Crippen LogP contribution >= 0.6 is 11.3 Å². The normalized spacial score (nSPS) is 17.0. The molecule has 0 unspecified atom stereocenters. The van der Waals surface area contributed by atoms with E-state index in [2.05, 4.69) is 40.5 Å². The fourth-order valence-electron chi connectivity index (χ4n) is 2.48. The Morgan fingerprint density at radius 3 is 2.78 bits per heavy atom. The Bertz CT molecular complexity index is 345. The minimum absolute atomic E-state index is 1.16. The molecule has 0 spiro atoms. The molecule has 1 saturated heterocycles. The van der Waals surface area contributed by atoms with Gasteiger partial charge in [0.1, 0.15) is 0 Å². The predicted octanol–water partition coefficient (Wildman–Crippen LogP) is 2.18. The molecule has 3 nitrogen and oxygen atoms in total. The quantitative estimate of drug-likeness (QED) is 0.797. The second-order valence-electron chi connectivity index (χ2n) is 5.13. The summed E-state index contributed by atoms with van der Waals surface area (Å²) in [6.45, 7) is 9.40. The number of thiophene rings is 1. The number of hydrogen-bond acceptors (Lipinski definition) is 4. The summed E-state index contributed by atoms with van der Waals surface area (Å²) in [4.78, 5) is 4.98. The molecule has 102 valence electrons. The fourth-order valence-corrected chi connectivity index (χ4v) is 3.40. The third-order valence-electron chi connectivity index (χ3n) is 3.61. The van der Waals surface area contributed by atoms with Crippen molar-refractivity contribution < 1.29 is 0 Å². The highest BCUT2D eigenvalue weighted by Gasteiger charge is 2.09. The topological polar surface area (TPSA) is 18.5 Å². The van der Waals surface area contributed by atoms with Gasteiger partial charge in [0.25, 0.3) is 0 Å². The number of hydrogen-bond donors (Lipinski definition) is 1. The van der Waals surface area contributed by atoms with Gasteiger partial charge in [0.2, 0.25) is 0 Å². The molecule has 0 radical (unpaired) electrons. The van der Waals surface area contributed by atoms with Crippen molar-refractivity contribution in [1.29, 1.82) is 0 Å². The molecule has 1 aromatic heterocycles. The Labute approximate surface area is 115 Å². The van der Waals surface area contributed by atoms with Gasteiger partial charge < -0.3 is 15.1 Å². The zero-order chi connectivity index (χ0) is 12.8. The van der Waals surface area contributed by atoms with Gasteiger partial charge in [-0.25, -0.2) is 0 Å². The van der Waals surface area contributed by atoms with Crippen LogP contribution in [0.15, 0.2) is 11.4 Å². The van der Waals surface area contributed by atoms with Crippen molar-refractivity contribution >= 4 is 16.3 Å². The van der Waals surface area contributed by atoms with Crippen molar-refractivity contribution in [3.8, 4) is 0 Å². The van der Waals surface area contributed by atoms with E-state index in [0.29, 0.717) is 0 Å². The molecule has 2 heterocycles. The average Bonchev–Trinajstić information content (AvgIpc) is 2.82. The van der Waals surface area contributed by atoms with Gasteiger partial charge >= 0.3 is 0 Å². The van der Waals surface area contributed by atoms with Crippen LogP contribution in [0.5, 0.6) is 0 Å². The molecule has 18 heavy (non-hydrogen) atoms. The van der Waals surface area contributed by atoms with Crippen LogP contribution in [0.2, 0.25) is 0 Å². The first-order valence-electron chi connectivity index (χ1n) is 6.95. The van der Waals surface area contributed by atoms with E-state index in [-0.39, 0.29) is 0 Å². The highest BCUT2D eigenvalue weighted by molar-refractivity contribution is 7.14. The standard InChI is InChI=1S/C14H25N3S/c1-13-5-12-18-14(13)16(2)8-3-4-9-17-10-6-15-7-11-17/h5,12,15H,3-4,6-11H2,1-2H3. The van der Waals surface area contributed by atoms with Crippen LogP contribution in [0.1, 0.15) is 18.4 Å². The molecule has 2 rings (SSSR count). The van der Waals surface area contributed by atoms with Crippen molar-refractivity contribution in [3.05, 3.63) is 17.0 Å². The highest BCUT2D eigenvalue weighted by atomic mass is 32.1. The van der Waals surface area contributed by atoms with Gasteiger partial charge in [0, 0.05) is 39.8 Å². The lowest BCUT2D eigenvalue weighted by Gasteiger charge is -2.27. The van der Waals surface area contributed by atoms with Gasteiger partial charge in [-0.2, -0.15) is 0 Å². The summed E-state index contributed by atoms with van der Waals surface area (Å²) < 4.78 is 0. The van der Waals surface area contributed by atoms with Gasteiger partial charge in [-0.3, -0.25) is 0 Å². The summed E-state index contributed by atoms with van der Waals surface area (Å²) in [6.07, 6.45) is 2.60. The van der Waals surface area contributed by atoms with Crippen LogP contribution in [0, 0.1) is 6.92 Å². The second kappa shape index (κ2) is 7.12. The molecule has 0 atom stereocenters. The second-order valence-corrected chi connectivity index (χ2v) is 6.02. The minimum Gasteiger partial charge on any atom is -0.366 e. The van der Waals surface area contributed by atoms with Crippen molar-refractivity contribution in [2.75, 3.05) is 51.2 Å². The summed E-state index contributed by atoms with van der Waals surface area (Å²) in [5, 5.41) is 7.01. The Hall–Kier alpha value is -0.580. The van der Waals surface area contributed by atoms with Crippen LogP contribution in [0.4, 0.5) is 5.00 Å². The minimum atomic E-state index is 1.16. The molecule has 0 amide bonds. The van der Waals surface area contributed by atoms with Crippen molar-refractivity contribution in [1.82, 2.24) is 10.2 Å². The van der Waals surface area contributed by atoms with Crippen LogP contribution in [-0.4, -0.2) is 51.2 Å². The molecular formula is C14H25N3S. The van der Waals surface area contributed by atoms with E-state index in [1.807, 2.05) is 11.3 Å². The molecule has 1 aliphatic heterocycles. The third kappa shape index (κ3) is 3.97. The monoisotopic (exact) mass is 267 g/mol. The van der Waals surface area contributed by atoms with Crippen LogP contribution in [0.25, 0.3) is 0 Å². The maximum Gasteiger partial charge on any atom is 0.0935 e. The first-order valence-corrected chi connectivity index (χ1v) is 7.83. The van der Waals surface area contributed by atoms with Crippen molar-refractivity contribution in [2.45, 2.75) is 19.8 Å². The van der Waals surface area contributed by atoms with E-state index < -0.39 is 0 Å². The van der Waals surface area contributed by atoms with E-state index in [1.54, 1.807) is 0 Å². The third-order valence-corrected chi connectivity index (χ3v) is 4.74. The number of nitrogens with one attached hydrogen (secondary N) is 1. The molecular weight excluding hydrogens is 242 g/mol. The van der Waals surface area contributed by atoms with E-state index in [9.17, 15) is 0 Å². The number of aryl methyl sites for hydroxylation is 1. The summed E-state index contributed by atoms with van der Waals surface area (Å²) in [6, 6.07) is 2.21. The zero-order valence-corrected chi connectivity index (χ0v) is 12.4. The lowest BCUT2D eigenvalue weighted by Crippen LogP contribution is -2.43. The zero-order valence-electron chi connectivity index (χ0n) is 11.6. The molecule has 4 heteroatoms. The Morgan fingerprint density at radius 2 is 2.11 bits per heavy atom. The molecule has 0 aliphatic carbocycles. The lowest BCUT2D eigenvalue weighted by atomic mass is 10.2. The van der Waals surface area contributed by atoms with Gasteiger partial charge in [0.05, 0.1) is 5.00 Å². The number of unbranched alkanes of at least 4 members (excludes halogenated alkanes) is 1. The van der Waals surface area contributed by atoms with E-state index >= 15 is 0 Å². The number of piperazine rings is 1. The Kier molecular flexibility index (Phi) is 5.47. The van der Waals surface area contributed by atoms with Crippen molar-refractivity contribution in [2.24, 2.45) is 0 Å². The van der Waals surface area contributed by atoms with Gasteiger partial charge in [-0.15, -0.1) is 11.3 Å². The van der Waals surface area contributed by atoms with E-state index in [1.165, 1.54) is 49.6 Å². The maximum absolute atomic E-state index is 3.40. The molecule has 1 aromatic rings. The predicted molar refractivity (Wildman–Crippen MR) is 80.9 cm³/mol. The molecule has 0 bridgehead atoms. The summed E-state index contributed by atoms with van der Waals surface area (Å²) >= 11 is 1.85. The average molecular weight is 267 g/mol. The number of anilines is 1. The summed E-state index contributed by atoms with van der Waals surface area (Å²) in [5.41, 5.74) is 1.41. The first kappa shape index (κ1) is 13.8. The largest absolute Gasteiger partial charge is 0.366 e. The smallest absolute Gasteiger partial charge is 0.0935 e. The number of nitrogens with zero attached hydrogens (tertiary/aromatic N) is 2. The highest BCUT2D eigenvalue weighted by Crippen LogP contribution is 2.25. The molecule has 1 fully saturated rings. The maximum atomic E-state index is 3.40. The Morgan fingerprint density at radius 1 is 1.33 bits per heavy atom. The molecule has 1 N–H and O–H groups in total. The van der Waals surface area contributed by atoms with E-state index in [4.69, 9.17) is 0 Å². The van der Waals surface area contributed by atoms with Crippen LogP contribution < -0.4 is 10.2 Å². The number of rotatable bonds is 6. The van der Waals surface area contributed by atoms with E-state index in [0.717, 1.165) is 13.1 Å². The van der Waals surface area contributed by atoms with Crippen LogP contribution in [0.3, 0.4) is 0 Å². The Balaban J connectivity index is 1.61. The summed E-state index contributed by atoms with van der Waals surface area (Å²) in [5.74, 6) is 0. The van der Waals surface area contributed by atoms with Gasteiger partial charge in [-0.05, 0) is 43.3 Å². The van der Waals surface area contributed by atoms with Gasteiger partial charge in [0.15, 0.2) is 0 Å².